The number of amidine groups is 1. The topological polar surface area (TPSA) is 85.0 Å². The van der Waals surface area contributed by atoms with E-state index >= 15 is 0 Å². The molecule has 1 fully saturated rings. The molecule has 0 bridgehead atoms. The molecule has 1 aliphatic rings. The Balaban J connectivity index is 1.83. The molecule has 1 saturated heterocycles. The molecule has 3 N–H and O–H groups in total. The number of hydrogen-bond donors (Lipinski definition) is 2. The van der Waals surface area contributed by atoms with Crippen LogP contribution < -0.4 is 15.8 Å². The molecule has 0 unspecified atom stereocenters. The van der Waals surface area contributed by atoms with Gasteiger partial charge in [0.2, 0.25) is 0 Å². The van der Waals surface area contributed by atoms with E-state index in [9.17, 15) is 0 Å². The molecule has 7 heteroatoms. The molecule has 0 aliphatic carbocycles. The van der Waals surface area contributed by atoms with E-state index in [4.69, 9.17) is 15.2 Å². The number of ether oxygens (including phenoxy) is 2. The van der Waals surface area contributed by atoms with Crippen molar-refractivity contribution >= 4 is 17.3 Å². The van der Waals surface area contributed by atoms with E-state index in [-0.39, 0.29) is 0 Å². The van der Waals surface area contributed by atoms with Crippen LogP contribution in [0.5, 0.6) is 5.75 Å². The third-order valence-corrected chi connectivity index (χ3v) is 4.98. The molecule has 7 nitrogen and oxygen atoms in total. The first-order chi connectivity index (χ1) is 14.0. The number of nitrogens with zero attached hydrogens (tertiary/aromatic N) is 3. The molecule has 0 amide bonds. The van der Waals surface area contributed by atoms with Crippen LogP contribution in [-0.4, -0.2) is 62.2 Å². The molecular weight excluding hydrogens is 366 g/mol. The highest BCUT2D eigenvalue weighted by molar-refractivity contribution is 5.83. The van der Waals surface area contributed by atoms with Gasteiger partial charge in [-0.2, -0.15) is 0 Å². The van der Waals surface area contributed by atoms with Gasteiger partial charge in [0.15, 0.2) is 5.82 Å². The maximum absolute atomic E-state index is 5.75. The average molecular weight is 398 g/mol. The second-order valence-electron chi connectivity index (χ2n) is 7.43. The molecule has 1 aromatic carbocycles. The zero-order valence-electron chi connectivity index (χ0n) is 17.5. The summed E-state index contributed by atoms with van der Waals surface area (Å²) in [7, 11) is 3.83. The van der Waals surface area contributed by atoms with Gasteiger partial charge in [-0.15, -0.1) is 0 Å². The number of aromatic nitrogens is 1. The Morgan fingerprint density at radius 2 is 1.97 bits per heavy atom. The van der Waals surface area contributed by atoms with Gasteiger partial charge in [-0.3, -0.25) is 0 Å². The molecule has 2 heterocycles. The zero-order chi connectivity index (χ0) is 20.6. The van der Waals surface area contributed by atoms with E-state index in [0.29, 0.717) is 30.9 Å². The van der Waals surface area contributed by atoms with Crippen molar-refractivity contribution in [3.8, 4) is 16.9 Å². The fraction of sp³-hybridized carbons (Fsp3) is 0.455. The highest BCUT2D eigenvalue weighted by Crippen LogP contribution is 2.32. The van der Waals surface area contributed by atoms with Gasteiger partial charge in [0.05, 0.1) is 12.4 Å². The van der Waals surface area contributed by atoms with Gasteiger partial charge in [-0.05, 0) is 57.6 Å². The highest BCUT2D eigenvalue weighted by Gasteiger charge is 2.18. The summed E-state index contributed by atoms with van der Waals surface area (Å²) >= 11 is 0. The largest absolute Gasteiger partial charge is 0.491 e. The first-order valence-corrected chi connectivity index (χ1v) is 10.0. The normalized spacial score (nSPS) is 16.0. The molecule has 0 spiro atoms. The molecule has 2 aromatic rings. The maximum Gasteiger partial charge on any atom is 0.155 e. The Bertz CT molecular complexity index is 810. The van der Waals surface area contributed by atoms with Crippen molar-refractivity contribution in [2.45, 2.75) is 25.8 Å². The number of nitrogens with one attached hydrogen (secondary N) is 1. The van der Waals surface area contributed by atoms with Crippen molar-refractivity contribution in [3.63, 3.8) is 0 Å². The van der Waals surface area contributed by atoms with Gasteiger partial charge in [0.1, 0.15) is 12.4 Å². The van der Waals surface area contributed by atoms with E-state index in [1.165, 1.54) is 0 Å². The van der Waals surface area contributed by atoms with E-state index < -0.39 is 0 Å². The lowest BCUT2D eigenvalue weighted by Crippen LogP contribution is -2.36. The lowest BCUT2D eigenvalue weighted by molar-refractivity contribution is 0.146. The van der Waals surface area contributed by atoms with Crippen molar-refractivity contribution in [3.05, 3.63) is 36.5 Å². The molecule has 3 rings (SSSR count). The minimum absolute atomic E-state index is 0.430. The molecule has 29 heavy (non-hydrogen) atoms. The average Bonchev–Trinajstić information content (AvgIpc) is 2.70. The minimum atomic E-state index is 0.430. The molecule has 1 aliphatic heterocycles. The monoisotopic (exact) mass is 397 g/mol. The predicted octanol–water partition coefficient (Wildman–Crippen LogP) is 3.29. The summed E-state index contributed by atoms with van der Waals surface area (Å²) in [6.07, 6.45) is 4.08. The number of rotatable bonds is 8. The number of aliphatic imine (C=N–C) groups is 1. The predicted molar refractivity (Wildman–Crippen MR) is 118 cm³/mol. The van der Waals surface area contributed by atoms with E-state index in [0.717, 1.165) is 48.5 Å². The number of hydrogen-bond acceptors (Lipinski definition) is 6. The Morgan fingerprint density at radius 3 is 2.62 bits per heavy atom. The zero-order valence-corrected chi connectivity index (χ0v) is 17.5. The quantitative estimate of drug-likeness (QED) is 0.404. The fourth-order valence-corrected chi connectivity index (χ4v) is 3.38. The maximum atomic E-state index is 5.75. The van der Waals surface area contributed by atoms with Crippen molar-refractivity contribution < 1.29 is 9.47 Å². The lowest BCUT2D eigenvalue weighted by atomic mass is 10.0. The van der Waals surface area contributed by atoms with Crippen LogP contribution in [0.15, 0.2) is 41.5 Å². The number of piperidine rings is 1. The number of anilines is 1. The number of benzene rings is 1. The van der Waals surface area contributed by atoms with Crippen LogP contribution in [0.1, 0.15) is 19.8 Å². The smallest absolute Gasteiger partial charge is 0.155 e. The van der Waals surface area contributed by atoms with Gasteiger partial charge in [0, 0.05) is 36.7 Å². The number of pyridine rings is 1. The summed E-state index contributed by atoms with van der Waals surface area (Å²) in [5.41, 5.74) is 8.90. The van der Waals surface area contributed by atoms with Gasteiger partial charge in [-0.25, -0.2) is 9.98 Å². The third-order valence-electron chi connectivity index (χ3n) is 4.98. The number of nitrogens with two attached hydrogens (primary N) is 1. The van der Waals surface area contributed by atoms with Gasteiger partial charge in [-0.1, -0.05) is 12.1 Å². The first-order valence-electron chi connectivity index (χ1n) is 10.0. The standard InChI is InChI=1S/C22H31N5O2/c1-16(23)25-22-14-21(26-18-8-10-27(2)11-9-18)20(15-24-22)17-4-6-19(7-5-17)29-13-12-28-3/h4-7,14-15,18H,8-13H2,1-3H3,(H3,23,24,25,26). The van der Waals surface area contributed by atoms with Crippen LogP contribution in [-0.2, 0) is 4.74 Å². The minimum Gasteiger partial charge on any atom is -0.491 e. The third kappa shape index (κ3) is 6.17. The second-order valence-corrected chi connectivity index (χ2v) is 7.43. The summed E-state index contributed by atoms with van der Waals surface area (Å²) in [6, 6.07) is 10.5. The van der Waals surface area contributed by atoms with Crippen molar-refractivity contribution in [1.29, 1.82) is 0 Å². The fourth-order valence-electron chi connectivity index (χ4n) is 3.38. The van der Waals surface area contributed by atoms with E-state index in [2.05, 4.69) is 39.4 Å². The number of methoxy groups -OCH3 is 1. The molecule has 1 aromatic heterocycles. The molecule has 0 radical (unpaired) electrons. The van der Waals surface area contributed by atoms with Crippen LogP contribution in [0.25, 0.3) is 11.1 Å². The van der Waals surface area contributed by atoms with E-state index in [1.54, 1.807) is 14.0 Å². The summed E-state index contributed by atoms with van der Waals surface area (Å²) in [6.45, 7) is 5.06. The van der Waals surface area contributed by atoms with Crippen molar-refractivity contribution in [2.75, 3.05) is 45.8 Å². The van der Waals surface area contributed by atoms with E-state index in [1.807, 2.05) is 24.4 Å². The van der Waals surface area contributed by atoms with Crippen LogP contribution in [0.4, 0.5) is 11.5 Å². The summed E-state index contributed by atoms with van der Waals surface area (Å²) in [4.78, 5) is 11.2. The Hall–Kier alpha value is -2.64. The summed E-state index contributed by atoms with van der Waals surface area (Å²) < 4.78 is 10.7. The molecule has 0 atom stereocenters. The van der Waals surface area contributed by atoms with Gasteiger partial charge >= 0.3 is 0 Å². The molecular formula is C22H31N5O2. The van der Waals surface area contributed by atoms with Crippen LogP contribution in [0.3, 0.4) is 0 Å². The highest BCUT2D eigenvalue weighted by atomic mass is 16.5. The first kappa shape index (κ1) is 21.1. The lowest BCUT2D eigenvalue weighted by Gasteiger charge is -2.30. The Morgan fingerprint density at radius 1 is 1.24 bits per heavy atom. The Labute approximate surface area is 172 Å². The second kappa shape index (κ2) is 10.2. The van der Waals surface area contributed by atoms with Crippen molar-refractivity contribution in [2.24, 2.45) is 10.7 Å². The number of likely N-dealkylation sites (tertiary alicyclic amines) is 1. The summed E-state index contributed by atoms with van der Waals surface area (Å²) in [5.74, 6) is 1.93. The van der Waals surface area contributed by atoms with Crippen molar-refractivity contribution in [1.82, 2.24) is 9.88 Å². The van der Waals surface area contributed by atoms with Crippen LogP contribution in [0, 0.1) is 0 Å². The molecule has 0 saturated carbocycles. The Kier molecular flexibility index (Phi) is 7.43. The SMILES string of the molecule is COCCOc1ccc(-c2cnc(N=C(C)N)cc2NC2CCN(C)CC2)cc1. The van der Waals surface area contributed by atoms with Crippen LogP contribution >= 0.6 is 0 Å². The van der Waals surface area contributed by atoms with Gasteiger partial charge in [0.25, 0.3) is 0 Å². The van der Waals surface area contributed by atoms with Crippen LogP contribution in [0.2, 0.25) is 0 Å². The summed E-state index contributed by atoms with van der Waals surface area (Å²) in [5, 5.41) is 3.71. The molecule has 156 valence electrons. The van der Waals surface area contributed by atoms with Gasteiger partial charge < -0.3 is 25.4 Å².